The molecule has 1 atom stereocenters. The average molecular weight is 433 g/mol. The molecular formula is C27H32N2O3. The number of rotatable bonds is 9. The first-order valence-electron chi connectivity index (χ1n) is 11.5. The Hall–Kier alpha value is -3.08. The number of carbonyl (C=O) groups is 1. The monoisotopic (exact) mass is 432 g/mol. The molecule has 1 N–H and O–H groups in total. The SMILES string of the molecule is CCCc1ccc(-c2nc(C)c(CCOc3ccc4c(c3)CC[C@H]4CC(=O)O)n2C)cc1. The number of imidazole rings is 1. The maximum Gasteiger partial charge on any atom is 0.303 e. The van der Waals surface area contributed by atoms with Gasteiger partial charge in [-0.2, -0.15) is 0 Å². The Bertz CT molecular complexity index is 1100. The van der Waals surface area contributed by atoms with Crippen LogP contribution in [0.15, 0.2) is 42.5 Å². The minimum Gasteiger partial charge on any atom is -0.493 e. The fourth-order valence-electron chi connectivity index (χ4n) is 4.85. The summed E-state index contributed by atoms with van der Waals surface area (Å²) in [4.78, 5) is 15.9. The van der Waals surface area contributed by atoms with Crippen LogP contribution in [0.1, 0.15) is 60.2 Å². The molecule has 3 aromatic rings. The van der Waals surface area contributed by atoms with E-state index in [0.29, 0.717) is 6.61 Å². The van der Waals surface area contributed by atoms with Crippen molar-refractivity contribution in [1.29, 1.82) is 0 Å². The van der Waals surface area contributed by atoms with Gasteiger partial charge in [-0.3, -0.25) is 4.79 Å². The number of nitrogens with zero attached hydrogens (tertiary/aromatic N) is 2. The van der Waals surface area contributed by atoms with Gasteiger partial charge in [0.25, 0.3) is 0 Å². The molecular weight excluding hydrogens is 400 g/mol. The number of carboxylic acids is 1. The Morgan fingerprint density at radius 3 is 2.69 bits per heavy atom. The molecule has 1 heterocycles. The van der Waals surface area contributed by atoms with Gasteiger partial charge < -0.3 is 14.4 Å². The van der Waals surface area contributed by atoms with Gasteiger partial charge in [0, 0.05) is 24.7 Å². The Balaban J connectivity index is 1.40. The highest BCUT2D eigenvalue weighted by atomic mass is 16.5. The van der Waals surface area contributed by atoms with Crippen molar-refractivity contribution >= 4 is 5.97 Å². The first-order valence-corrected chi connectivity index (χ1v) is 11.5. The molecule has 1 aliphatic carbocycles. The molecule has 0 aliphatic heterocycles. The summed E-state index contributed by atoms with van der Waals surface area (Å²) in [7, 11) is 2.07. The Labute approximate surface area is 190 Å². The Kier molecular flexibility index (Phi) is 6.63. The smallest absolute Gasteiger partial charge is 0.303 e. The van der Waals surface area contributed by atoms with Gasteiger partial charge in [-0.1, -0.05) is 43.7 Å². The lowest BCUT2D eigenvalue weighted by Crippen LogP contribution is -2.07. The van der Waals surface area contributed by atoms with Crippen LogP contribution >= 0.6 is 0 Å². The minimum absolute atomic E-state index is 0.128. The molecule has 32 heavy (non-hydrogen) atoms. The molecule has 0 saturated carbocycles. The van der Waals surface area contributed by atoms with Crippen LogP contribution in [0.25, 0.3) is 11.4 Å². The van der Waals surface area contributed by atoms with Gasteiger partial charge in [-0.05, 0) is 60.9 Å². The normalized spacial score (nSPS) is 15.0. The van der Waals surface area contributed by atoms with Gasteiger partial charge >= 0.3 is 5.97 Å². The topological polar surface area (TPSA) is 64.3 Å². The molecule has 0 bridgehead atoms. The van der Waals surface area contributed by atoms with Crippen LogP contribution in [0, 0.1) is 6.92 Å². The second kappa shape index (κ2) is 9.60. The fourth-order valence-corrected chi connectivity index (χ4v) is 4.85. The third-order valence-corrected chi connectivity index (χ3v) is 6.51. The first kappa shape index (κ1) is 22.1. The van der Waals surface area contributed by atoms with Gasteiger partial charge in [0.2, 0.25) is 0 Å². The lowest BCUT2D eigenvalue weighted by atomic mass is 9.98. The van der Waals surface area contributed by atoms with Crippen LogP contribution in [0.5, 0.6) is 5.75 Å². The lowest BCUT2D eigenvalue weighted by Gasteiger charge is -2.12. The van der Waals surface area contributed by atoms with Gasteiger partial charge in [0.15, 0.2) is 0 Å². The van der Waals surface area contributed by atoms with Crippen molar-refractivity contribution in [3.05, 3.63) is 70.5 Å². The Morgan fingerprint density at radius 1 is 1.19 bits per heavy atom. The molecule has 4 rings (SSSR count). The number of ether oxygens (including phenoxy) is 1. The molecule has 0 amide bonds. The number of benzene rings is 2. The summed E-state index contributed by atoms with van der Waals surface area (Å²) >= 11 is 0. The zero-order chi connectivity index (χ0) is 22.7. The highest BCUT2D eigenvalue weighted by Gasteiger charge is 2.25. The van der Waals surface area contributed by atoms with Crippen LogP contribution in [-0.2, 0) is 31.1 Å². The molecule has 2 aromatic carbocycles. The predicted molar refractivity (Wildman–Crippen MR) is 126 cm³/mol. The second-order valence-corrected chi connectivity index (χ2v) is 8.77. The van der Waals surface area contributed by atoms with Crippen LogP contribution in [0.3, 0.4) is 0 Å². The van der Waals surface area contributed by atoms with E-state index in [1.54, 1.807) is 0 Å². The van der Waals surface area contributed by atoms with Crippen molar-refractivity contribution < 1.29 is 14.6 Å². The number of hydrogen-bond donors (Lipinski definition) is 1. The fraction of sp³-hybridized carbons (Fsp3) is 0.407. The van der Waals surface area contributed by atoms with Gasteiger partial charge in [0.1, 0.15) is 11.6 Å². The van der Waals surface area contributed by atoms with Crippen molar-refractivity contribution in [2.24, 2.45) is 7.05 Å². The standard InChI is InChI=1S/C27H32N2O3/c1-4-5-19-6-8-20(9-7-19)27-28-18(2)25(29(27)3)14-15-32-23-12-13-24-21(16-23)10-11-22(24)17-26(30)31/h6-9,12-13,16,22H,4-5,10-11,14-15,17H2,1-3H3,(H,30,31)/t22-/m0/s1. The molecule has 0 radical (unpaired) electrons. The van der Waals surface area contributed by atoms with Crippen LogP contribution in [-0.4, -0.2) is 27.2 Å². The average Bonchev–Trinajstić information content (AvgIpc) is 3.29. The van der Waals surface area contributed by atoms with Crippen molar-refractivity contribution in [3.8, 4) is 17.1 Å². The molecule has 5 nitrogen and oxygen atoms in total. The van der Waals surface area contributed by atoms with Crippen molar-refractivity contribution in [3.63, 3.8) is 0 Å². The van der Waals surface area contributed by atoms with E-state index in [1.807, 2.05) is 12.1 Å². The first-order chi connectivity index (χ1) is 15.5. The van der Waals surface area contributed by atoms with Crippen LogP contribution < -0.4 is 4.74 Å². The third kappa shape index (κ3) is 4.72. The second-order valence-electron chi connectivity index (χ2n) is 8.77. The molecule has 1 aromatic heterocycles. The highest BCUT2D eigenvalue weighted by molar-refractivity contribution is 5.68. The molecule has 168 valence electrons. The molecule has 1 aliphatic rings. The van der Waals surface area contributed by atoms with E-state index in [4.69, 9.17) is 14.8 Å². The minimum atomic E-state index is -0.731. The number of aromatic nitrogens is 2. The van der Waals surface area contributed by atoms with Crippen molar-refractivity contribution in [1.82, 2.24) is 9.55 Å². The lowest BCUT2D eigenvalue weighted by molar-refractivity contribution is -0.137. The molecule has 0 fully saturated rings. The summed E-state index contributed by atoms with van der Waals surface area (Å²) in [5, 5.41) is 9.10. The van der Waals surface area contributed by atoms with E-state index in [0.717, 1.165) is 60.5 Å². The van der Waals surface area contributed by atoms with E-state index in [9.17, 15) is 4.79 Å². The number of hydrogen-bond acceptors (Lipinski definition) is 3. The van der Waals surface area contributed by atoms with Gasteiger partial charge in [-0.25, -0.2) is 4.98 Å². The third-order valence-electron chi connectivity index (χ3n) is 6.51. The summed E-state index contributed by atoms with van der Waals surface area (Å²) in [5.41, 5.74) is 7.10. The number of aryl methyl sites for hydroxylation is 3. The molecule has 0 saturated heterocycles. The van der Waals surface area contributed by atoms with Crippen molar-refractivity contribution in [2.45, 2.75) is 58.3 Å². The Morgan fingerprint density at radius 2 is 1.97 bits per heavy atom. The zero-order valence-corrected chi connectivity index (χ0v) is 19.2. The van der Waals surface area contributed by atoms with E-state index in [1.165, 1.54) is 16.8 Å². The van der Waals surface area contributed by atoms with E-state index in [-0.39, 0.29) is 12.3 Å². The molecule has 5 heteroatoms. The van der Waals surface area contributed by atoms with E-state index >= 15 is 0 Å². The summed E-state index contributed by atoms with van der Waals surface area (Å²) in [6, 6.07) is 14.8. The van der Waals surface area contributed by atoms with Crippen LogP contribution in [0.2, 0.25) is 0 Å². The summed E-state index contributed by atoms with van der Waals surface area (Å²) in [5.74, 6) is 1.24. The van der Waals surface area contributed by atoms with E-state index < -0.39 is 5.97 Å². The van der Waals surface area contributed by atoms with Gasteiger partial charge in [-0.15, -0.1) is 0 Å². The maximum atomic E-state index is 11.1. The summed E-state index contributed by atoms with van der Waals surface area (Å²) in [6.45, 7) is 4.83. The summed E-state index contributed by atoms with van der Waals surface area (Å²) in [6.07, 6.45) is 5.06. The van der Waals surface area contributed by atoms with Crippen LogP contribution in [0.4, 0.5) is 0 Å². The predicted octanol–water partition coefficient (Wildman–Crippen LogP) is 5.47. The van der Waals surface area contributed by atoms with E-state index in [2.05, 4.69) is 55.8 Å². The number of carboxylic acid groups (broad SMARTS) is 1. The molecule has 0 spiro atoms. The zero-order valence-electron chi connectivity index (χ0n) is 19.2. The highest BCUT2D eigenvalue weighted by Crippen LogP contribution is 2.37. The van der Waals surface area contributed by atoms with Crippen molar-refractivity contribution in [2.75, 3.05) is 6.61 Å². The summed E-state index contributed by atoms with van der Waals surface area (Å²) < 4.78 is 8.24. The maximum absolute atomic E-state index is 11.1. The van der Waals surface area contributed by atoms with Gasteiger partial charge in [0.05, 0.1) is 18.7 Å². The number of aliphatic carboxylic acids is 1. The largest absolute Gasteiger partial charge is 0.493 e. The quantitative estimate of drug-likeness (QED) is 0.487. The molecule has 0 unspecified atom stereocenters. The number of fused-ring (bicyclic) bond motifs is 1.